The van der Waals surface area contributed by atoms with Crippen LogP contribution >= 0.6 is 0 Å². The van der Waals surface area contributed by atoms with Crippen LogP contribution in [0.1, 0.15) is 22.7 Å². The molecule has 1 saturated heterocycles. The van der Waals surface area contributed by atoms with Crippen LogP contribution in [0.5, 0.6) is 0 Å². The molecule has 156 valence electrons. The molecule has 1 aliphatic rings. The van der Waals surface area contributed by atoms with Crippen LogP contribution in [0.3, 0.4) is 0 Å². The van der Waals surface area contributed by atoms with Crippen LogP contribution in [-0.4, -0.2) is 21.8 Å². The predicted molar refractivity (Wildman–Crippen MR) is 124 cm³/mol. The molecule has 0 aliphatic carbocycles. The van der Waals surface area contributed by atoms with E-state index >= 15 is 0 Å². The lowest BCUT2D eigenvalue weighted by Gasteiger charge is -2.25. The number of rotatable bonds is 3. The molecule has 1 fully saturated rings. The fourth-order valence-corrected chi connectivity index (χ4v) is 4.22. The number of fused-ring (bicyclic) bond motifs is 1. The third-order valence-electron chi connectivity index (χ3n) is 5.75. The molecule has 5 heteroatoms. The fourth-order valence-electron chi connectivity index (χ4n) is 4.22. The Morgan fingerprint density at radius 2 is 1.72 bits per heavy atom. The number of carbonyl (C=O) groups excluding carboxylic acids is 2. The van der Waals surface area contributed by atoms with Gasteiger partial charge in [-0.1, -0.05) is 54.6 Å². The molecule has 4 aromatic rings. The normalized spacial score (nSPS) is 17.8. The Bertz CT molecular complexity index is 1390. The topological polar surface area (TPSA) is 70.5 Å². The summed E-state index contributed by atoms with van der Waals surface area (Å²) in [7, 11) is 0. The SMILES string of the molecule is Cc1cccc(N2C(=O)C(=O)/C(=C(\O)c3ccc4ccccc4c3)C2c2cccnc2)c1. The van der Waals surface area contributed by atoms with Crippen molar-refractivity contribution in [2.45, 2.75) is 13.0 Å². The first-order chi connectivity index (χ1) is 15.5. The summed E-state index contributed by atoms with van der Waals surface area (Å²) in [4.78, 5) is 32.0. The van der Waals surface area contributed by atoms with Crippen molar-refractivity contribution < 1.29 is 14.7 Å². The van der Waals surface area contributed by atoms with Gasteiger partial charge >= 0.3 is 0 Å². The van der Waals surface area contributed by atoms with E-state index < -0.39 is 17.7 Å². The molecule has 1 atom stereocenters. The van der Waals surface area contributed by atoms with Gasteiger partial charge in [0.05, 0.1) is 11.6 Å². The van der Waals surface area contributed by atoms with E-state index in [0.717, 1.165) is 16.3 Å². The van der Waals surface area contributed by atoms with Crippen molar-refractivity contribution in [2.75, 3.05) is 4.90 Å². The molecule has 0 saturated carbocycles. The van der Waals surface area contributed by atoms with Gasteiger partial charge in [0.15, 0.2) is 0 Å². The van der Waals surface area contributed by atoms with Crippen LogP contribution in [0, 0.1) is 6.92 Å². The molecule has 1 aromatic heterocycles. The van der Waals surface area contributed by atoms with E-state index in [1.165, 1.54) is 4.90 Å². The van der Waals surface area contributed by atoms with Gasteiger partial charge in [-0.3, -0.25) is 19.5 Å². The lowest BCUT2D eigenvalue weighted by Crippen LogP contribution is -2.29. The van der Waals surface area contributed by atoms with E-state index in [4.69, 9.17) is 0 Å². The number of hydrogen-bond donors (Lipinski definition) is 1. The first kappa shape index (κ1) is 19.7. The second-order valence-electron chi connectivity index (χ2n) is 7.86. The fraction of sp³-hybridized carbons (Fsp3) is 0.0741. The molecule has 1 N–H and O–H groups in total. The van der Waals surface area contributed by atoms with E-state index in [1.807, 2.05) is 61.5 Å². The Morgan fingerprint density at radius 3 is 2.47 bits per heavy atom. The third-order valence-corrected chi connectivity index (χ3v) is 5.75. The number of aryl methyl sites for hydroxylation is 1. The van der Waals surface area contributed by atoms with Crippen LogP contribution in [0.2, 0.25) is 0 Å². The first-order valence-electron chi connectivity index (χ1n) is 10.3. The molecule has 1 unspecified atom stereocenters. The minimum absolute atomic E-state index is 0.0554. The van der Waals surface area contributed by atoms with Crippen molar-refractivity contribution in [2.24, 2.45) is 0 Å². The number of benzene rings is 3. The third kappa shape index (κ3) is 3.24. The number of Topliss-reactive ketones (excluding diaryl/α,β-unsaturated/α-hetero) is 1. The zero-order valence-corrected chi connectivity index (χ0v) is 17.4. The number of amides is 1. The highest BCUT2D eigenvalue weighted by molar-refractivity contribution is 6.51. The van der Waals surface area contributed by atoms with Crippen molar-refractivity contribution in [1.29, 1.82) is 0 Å². The molecule has 0 radical (unpaired) electrons. The Hall–Kier alpha value is -4.25. The van der Waals surface area contributed by atoms with Crippen molar-refractivity contribution >= 4 is 33.9 Å². The second-order valence-corrected chi connectivity index (χ2v) is 7.86. The lowest BCUT2D eigenvalue weighted by molar-refractivity contribution is -0.132. The highest BCUT2D eigenvalue weighted by atomic mass is 16.3. The van der Waals surface area contributed by atoms with Gasteiger partial charge in [0, 0.05) is 23.6 Å². The maximum absolute atomic E-state index is 13.2. The average Bonchev–Trinajstić information content (AvgIpc) is 3.09. The minimum Gasteiger partial charge on any atom is -0.507 e. The smallest absolute Gasteiger partial charge is 0.300 e. The zero-order chi connectivity index (χ0) is 22.2. The number of pyridine rings is 1. The van der Waals surface area contributed by atoms with Crippen molar-refractivity contribution in [1.82, 2.24) is 4.98 Å². The summed E-state index contributed by atoms with van der Waals surface area (Å²) in [6.45, 7) is 1.92. The molecular weight excluding hydrogens is 400 g/mol. The summed E-state index contributed by atoms with van der Waals surface area (Å²) in [6, 6.07) is 23.4. The number of anilines is 1. The maximum atomic E-state index is 13.2. The molecule has 0 bridgehead atoms. The predicted octanol–water partition coefficient (Wildman–Crippen LogP) is 5.17. The van der Waals surface area contributed by atoms with E-state index in [2.05, 4.69) is 4.98 Å². The number of carbonyl (C=O) groups is 2. The molecule has 2 heterocycles. The molecular formula is C27H20N2O3. The monoisotopic (exact) mass is 420 g/mol. The van der Waals surface area contributed by atoms with E-state index in [0.29, 0.717) is 16.8 Å². The van der Waals surface area contributed by atoms with Crippen LogP contribution in [0.25, 0.3) is 16.5 Å². The Kier molecular flexibility index (Phi) is 4.79. The van der Waals surface area contributed by atoms with Gasteiger partial charge in [-0.25, -0.2) is 0 Å². The van der Waals surface area contributed by atoms with Crippen LogP contribution in [-0.2, 0) is 9.59 Å². The van der Waals surface area contributed by atoms with Gasteiger partial charge in [0.25, 0.3) is 11.7 Å². The Balaban J connectivity index is 1.73. The van der Waals surface area contributed by atoms with Crippen LogP contribution in [0.4, 0.5) is 5.69 Å². The summed E-state index contributed by atoms with van der Waals surface area (Å²) in [5, 5.41) is 13.2. The van der Waals surface area contributed by atoms with Crippen molar-refractivity contribution in [3.05, 3.63) is 114 Å². The largest absolute Gasteiger partial charge is 0.507 e. The zero-order valence-electron chi connectivity index (χ0n) is 17.4. The number of aromatic nitrogens is 1. The summed E-state index contributed by atoms with van der Waals surface area (Å²) >= 11 is 0. The number of aliphatic hydroxyl groups is 1. The minimum atomic E-state index is -0.781. The van der Waals surface area contributed by atoms with Crippen LogP contribution in [0.15, 0.2) is 96.8 Å². The Labute approximate surface area is 185 Å². The maximum Gasteiger partial charge on any atom is 0.300 e. The van der Waals surface area contributed by atoms with Gasteiger partial charge in [0.2, 0.25) is 0 Å². The van der Waals surface area contributed by atoms with Gasteiger partial charge in [0.1, 0.15) is 5.76 Å². The summed E-state index contributed by atoms with van der Waals surface area (Å²) in [5.74, 6) is -1.59. The molecule has 1 amide bonds. The molecule has 32 heavy (non-hydrogen) atoms. The number of nitrogens with zero attached hydrogens (tertiary/aromatic N) is 2. The van der Waals surface area contributed by atoms with Gasteiger partial charge in [-0.05, 0) is 53.1 Å². The molecule has 5 nitrogen and oxygen atoms in total. The summed E-state index contributed by atoms with van der Waals surface area (Å²) < 4.78 is 0. The van der Waals surface area contributed by atoms with E-state index in [1.54, 1.807) is 36.7 Å². The van der Waals surface area contributed by atoms with E-state index in [9.17, 15) is 14.7 Å². The van der Waals surface area contributed by atoms with Gasteiger partial charge < -0.3 is 5.11 Å². The molecule has 3 aromatic carbocycles. The molecule has 0 spiro atoms. The lowest BCUT2D eigenvalue weighted by atomic mass is 9.95. The molecule has 1 aliphatic heterocycles. The van der Waals surface area contributed by atoms with Gasteiger partial charge in [-0.2, -0.15) is 0 Å². The number of hydrogen-bond acceptors (Lipinski definition) is 4. The standard InChI is InChI=1S/C27H20N2O3/c1-17-6-4-10-22(14-17)29-24(21-9-5-13-28-16-21)23(26(31)27(29)32)25(30)20-12-11-18-7-2-3-8-19(18)15-20/h2-16,24,30H,1H3/b25-23-. The van der Waals surface area contributed by atoms with Crippen LogP contribution < -0.4 is 4.90 Å². The van der Waals surface area contributed by atoms with E-state index in [-0.39, 0.29) is 11.3 Å². The van der Waals surface area contributed by atoms with Gasteiger partial charge in [-0.15, -0.1) is 0 Å². The Morgan fingerprint density at radius 1 is 0.906 bits per heavy atom. The average molecular weight is 420 g/mol. The molecule has 5 rings (SSSR count). The van der Waals surface area contributed by atoms with Crippen molar-refractivity contribution in [3.63, 3.8) is 0 Å². The highest BCUT2D eigenvalue weighted by Gasteiger charge is 2.47. The quantitative estimate of drug-likeness (QED) is 0.282. The highest BCUT2D eigenvalue weighted by Crippen LogP contribution is 2.42. The number of aliphatic hydroxyl groups excluding tert-OH is 1. The first-order valence-corrected chi connectivity index (χ1v) is 10.3. The summed E-state index contributed by atoms with van der Waals surface area (Å²) in [6.07, 6.45) is 3.25. The van der Waals surface area contributed by atoms with Crippen molar-refractivity contribution in [3.8, 4) is 0 Å². The number of ketones is 1. The second kappa shape index (κ2) is 7.78. The summed E-state index contributed by atoms with van der Waals surface area (Å²) in [5.41, 5.74) is 2.75.